The van der Waals surface area contributed by atoms with Crippen molar-refractivity contribution in [2.45, 2.75) is 19.4 Å². The van der Waals surface area contributed by atoms with Crippen molar-refractivity contribution in [1.29, 1.82) is 0 Å². The minimum absolute atomic E-state index is 0.509. The smallest absolute Gasteiger partial charge is 0.0856 e. The summed E-state index contributed by atoms with van der Waals surface area (Å²) in [5.41, 5.74) is 2.93. The average molecular weight is 371 g/mol. The van der Waals surface area contributed by atoms with Crippen LogP contribution in [0, 0.1) is 6.92 Å². The summed E-state index contributed by atoms with van der Waals surface area (Å²) in [5, 5.41) is 10.2. The van der Waals surface area contributed by atoms with Gasteiger partial charge in [0.2, 0.25) is 0 Å². The summed E-state index contributed by atoms with van der Waals surface area (Å²) in [6.45, 7) is 2.02. The number of pyridine rings is 1. The second-order valence-corrected chi connectivity index (χ2v) is 5.98. The number of aliphatic hydroxyl groups excluding tert-OH is 1. The zero-order valence-corrected chi connectivity index (χ0v) is 13.1. The predicted octanol–water partition coefficient (Wildman–Crippen LogP) is 4.19. The molecule has 1 aromatic carbocycles. The van der Waals surface area contributed by atoms with Crippen molar-refractivity contribution >= 4 is 31.9 Å². The number of aryl methyl sites for hydroxylation is 1. The Bertz CT molecular complexity index is 540. The molecule has 2 rings (SSSR count). The number of hydrogen-bond acceptors (Lipinski definition) is 2. The summed E-state index contributed by atoms with van der Waals surface area (Å²) < 4.78 is 1.88. The molecule has 1 atom stereocenters. The van der Waals surface area contributed by atoms with Crippen molar-refractivity contribution in [2.24, 2.45) is 0 Å². The predicted molar refractivity (Wildman–Crippen MR) is 79.5 cm³/mol. The monoisotopic (exact) mass is 369 g/mol. The Morgan fingerprint density at radius 3 is 2.61 bits per heavy atom. The van der Waals surface area contributed by atoms with Crippen LogP contribution in [-0.2, 0) is 6.42 Å². The van der Waals surface area contributed by atoms with Gasteiger partial charge in [0.15, 0.2) is 0 Å². The summed E-state index contributed by atoms with van der Waals surface area (Å²) in [7, 11) is 0. The Hall–Kier alpha value is -0.710. The molecule has 0 bridgehead atoms. The van der Waals surface area contributed by atoms with Crippen LogP contribution in [0.4, 0.5) is 0 Å². The average Bonchev–Trinajstić information content (AvgIpc) is 2.32. The van der Waals surface area contributed by atoms with Crippen molar-refractivity contribution in [3.63, 3.8) is 0 Å². The topological polar surface area (TPSA) is 33.1 Å². The third kappa shape index (κ3) is 3.40. The first-order valence-electron chi connectivity index (χ1n) is 5.61. The number of benzene rings is 1. The molecule has 0 aliphatic heterocycles. The molecule has 2 aromatic rings. The van der Waals surface area contributed by atoms with Gasteiger partial charge in [0.25, 0.3) is 0 Å². The molecule has 18 heavy (non-hydrogen) atoms. The lowest BCUT2D eigenvalue weighted by Gasteiger charge is -2.13. The quantitative estimate of drug-likeness (QED) is 0.878. The van der Waals surface area contributed by atoms with Gasteiger partial charge in [-0.1, -0.05) is 28.1 Å². The number of rotatable bonds is 3. The summed E-state index contributed by atoms with van der Waals surface area (Å²) >= 11 is 6.83. The Morgan fingerprint density at radius 1 is 1.22 bits per heavy atom. The van der Waals surface area contributed by atoms with Crippen LogP contribution < -0.4 is 0 Å². The maximum atomic E-state index is 10.2. The molecular weight excluding hydrogens is 358 g/mol. The first-order valence-corrected chi connectivity index (χ1v) is 7.19. The third-order valence-electron chi connectivity index (χ3n) is 2.71. The van der Waals surface area contributed by atoms with Gasteiger partial charge in [0, 0.05) is 27.3 Å². The number of aliphatic hydroxyl groups is 1. The van der Waals surface area contributed by atoms with Crippen molar-refractivity contribution < 1.29 is 5.11 Å². The highest BCUT2D eigenvalue weighted by atomic mass is 79.9. The van der Waals surface area contributed by atoms with E-state index in [1.165, 1.54) is 5.56 Å². The highest BCUT2D eigenvalue weighted by Gasteiger charge is 2.12. The fourth-order valence-electron chi connectivity index (χ4n) is 1.74. The molecule has 1 heterocycles. The van der Waals surface area contributed by atoms with Crippen LogP contribution in [0.25, 0.3) is 0 Å². The van der Waals surface area contributed by atoms with Crippen molar-refractivity contribution in [3.8, 4) is 0 Å². The van der Waals surface area contributed by atoms with Crippen molar-refractivity contribution in [3.05, 3.63) is 62.3 Å². The SMILES string of the molecule is Cc1ccc(C(O)Cc2ccc(Br)cn2)c(Br)c1. The normalized spacial score (nSPS) is 12.4. The zero-order chi connectivity index (χ0) is 13.1. The Balaban J connectivity index is 2.16. The van der Waals surface area contributed by atoms with Crippen LogP contribution in [-0.4, -0.2) is 10.1 Å². The maximum absolute atomic E-state index is 10.2. The highest BCUT2D eigenvalue weighted by Crippen LogP contribution is 2.26. The fraction of sp³-hybridized carbons (Fsp3) is 0.214. The van der Waals surface area contributed by atoms with E-state index in [2.05, 4.69) is 36.8 Å². The van der Waals surface area contributed by atoms with E-state index in [4.69, 9.17) is 0 Å². The third-order valence-corrected chi connectivity index (χ3v) is 3.86. The van der Waals surface area contributed by atoms with Crippen LogP contribution in [0.3, 0.4) is 0 Å². The molecule has 1 N–H and O–H groups in total. The van der Waals surface area contributed by atoms with E-state index in [0.717, 1.165) is 20.2 Å². The number of halogens is 2. The lowest BCUT2D eigenvalue weighted by molar-refractivity contribution is 0.176. The van der Waals surface area contributed by atoms with Crippen LogP contribution in [0.5, 0.6) is 0 Å². The molecule has 0 aliphatic rings. The van der Waals surface area contributed by atoms with E-state index in [-0.39, 0.29) is 0 Å². The summed E-state index contributed by atoms with van der Waals surface area (Å²) in [4.78, 5) is 4.27. The van der Waals surface area contributed by atoms with Crippen molar-refractivity contribution in [1.82, 2.24) is 4.98 Å². The van der Waals surface area contributed by atoms with Gasteiger partial charge in [0.05, 0.1) is 6.10 Å². The molecule has 0 fully saturated rings. The van der Waals surface area contributed by atoms with Crippen LogP contribution in [0.15, 0.2) is 45.5 Å². The molecule has 2 nitrogen and oxygen atoms in total. The highest BCUT2D eigenvalue weighted by molar-refractivity contribution is 9.10. The molecule has 0 amide bonds. The second-order valence-electron chi connectivity index (χ2n) is 4.21. The number of nitrogens with zero attached hydrogens (tertiary/aromatic N) is 1. The molecular formula is C14H13Br2NO. The lowest BCUT2D eigenvalue weighted by atomic mass is 10.0. The fourth-order valence-corrected chi connectivity index (χ4v) is 2.73. The number of aromatic nitrogens is 1. The first-order chi connectivity index (χ1) is 8.56. The lowest BCUT2D eigenvalue weighted by Crippen LogP contribution is -2.04. The molecule has 0 saturated heterocycles. The Labute approximate surface area is 123 Å². The molecule has 0 radical (unpaired) electrons. The maximum Gasteiger partial charge on any atom is 0.0856 e. The summed E-state index contributed by atoms with van der Waals surface area (Å²) in [6.07, 6.45) is 1.70. The van der Waals surface area contributed by atoms with Crippen LogP contribution >= 0.6 is 31.9 Å². The first kappa shape index (κ1) is 13.7. The van der Waals surface area contributed by atoms with Gasteiger partial charge in [-0.2, -0.15) is 0 Å². The molecule has 1 unspecified atom stereocenters. The van der Waals surface area contributed by atoms with Gasteiger partial charge < -0.3 is 5.11 Å². The molecule has 0 spiro atoms. The minimum Gasteiger partial charge on any atom is -0.388 e. The largest absolute Gasteiger partial charge is 0.388 e. The van der Waals surface area contributed by atoms with Crippen molar-refractivity contribution in [2.75, 3.05) is 0 Å². The van der Waals surface area contributed by atoms with Gasteiger partial charge in [-0.3, -0.25) is 4.98 Å². The minimum atomic E-state index is -0.548. The van der Waals surface area contributed by atoms with E-state index in [9.17, 15) is 5.11 Å². The molecule has 0 saturated carbocycles. The van der Waals surface area contributed by atoms with E-state index < -0.39 is 6.10 Å². The van der Waals surface area contributed by atoms with E-state index in [1.54, 1.807) is 6.20 Å². The zero-order valence-electron chi connectivity index (χ0n) is 9.90. The van der Waals surface area contributed by atoms with Gasteiger partial charge in [0.1, 0.15) is 0 Å². The molecule has 0 aliphatic carbocycles. The number of hydrogen-bond donors (Lipinski definition) is 1. The standard InChI is InChI=1S/C14H13Br2NO/c1-9-2-5-12(13(16)6-9)14(18)7-11-4-3-10(15)8-17-11/h2-6,8,14,18H,7H2,1H3. The molecule has 94 valence electrons. The van der Waals surface area contributed by atoms with Gasteiger partial charge in [-0.25, -0.2) is 0 Å². The van der Waals surface area contributed by atoms with E-state index in [0.29, 0.717) is 6.42 Å². The van der Waals surface area contributed by atoms with Gasteiger partial charge >= 0.3 is 0 Å². The summed E-state index contributed by atoms with van der Waals surface area (Å²) in [6, 6.07) is 9.80. The van der Waals surface area contributed by atoms with Crippen LogP contribution in [0.1, 0.15) is 22.9 Å². The van der Waals surface area contributed by atoms with Gasteiger partial charge in [-0.15, -0.1) is 0 Å². The Morgan fingerprint density at radius 2 is 2.00 bits per heavy atom. The van der Waals surface area contributed by atoms with Gasteiger partial charge in [-0.05, 0) is 52.2 Å². The second kappa shape index (κ2) is 5.95. The van der Waals surface area contributed by atoms with Crippen LogP contribution in [0.2, 0.25) is 0 Å². The molecule has 4 heteroatoms. The van der Waals surface area contributed by atoms with E-state index in [1.807, 2.05) is 37.3 Å². The summed E-state index contributed by atoms with van der Waals surface area (Å²) in [5.74, 6) is 0. The molecule has 1 aromatic heterocycles. The van der Waals surface area contributed by atoms with E-state index >= 15 is 0 Å². The Kier molecular flexibility index (Phi) is 4.54.